The minimum atomic E-state index is -0.650. The van der Waals surface area contributed by atoms with Crippen LogP contribution in [-0.2, 0) is 0 Å². The zero-order chi connectivity index (χ0) is 17.1. The van der Waals surface area contributed by atoms with E-state index in [1.165, 1.54) is 5.56 Å². The van der Waals surface area contributed by atoms with E-state index in [9.17, 15) is 19.5 Å². The summed E-state index contributed by atoms with van der Waals surface area (Å²) in [6, 6.07) is 5.84. The summed E-state index contributed by atoms with van der Waals surface area (Å²) in [4.78, 5) is 41.0. The van der Waals surface area contributed by atoms with Gasteiger partial charge in [-0.3, -0.25) is 24.7 Å². The number of hydrogen-bond donors (Lipinski definition) is 5. The Morgan fingerprint density at radius 3 is 2.13 bits per heavy atom. The molecule has 8 nitrogen and oxygen atoms in total. The molecule has 2 heterocycles. The number of H-pyrrole nitrogens is 4. The molecule has 0 unspecified atom stereocenters. The molecule has 0 aliphatic carbocycles. The van der Waals surface area contributed by atoms with Gasteiger partial charge in [-0.25, -0.2) is 9.59 Å². The summed E-state index contributed by atoms with van der Waals surface area (Å²) in [5.74, 6) is 0.887. The molecule has 0 atom stereocenters. The molecule has 2 aromatic heterocycles. The van der Waals surface area contributed by atoms with Crippen molar-refractivity contribution in [3.05, 3.63) is 60.6 Å². The lowest BCUT2D eigenvalue weighted by Gasteiger charge is -2.06. The van der Waals surface area contributed by atoms with Crippen LogP contribution in [0.5, 0.6) is 5.75 Å². The van der Waals surface area contributed by atoms with Crippen LogP contribution in [0.3, 0.4) is 0 Å². The first-order valence-corrected chi connectivity index (χ1v) is 7.02. The van der Waals surface area contributed by atoms with Crippen LogP contribution in [0.2, 0.25) is 0 Å². The molecular formula is C15H18N4O4. The van der Waals surface area contributed by atoms with Crippen molar-refractivity contribution < 1.29 is 5.11 Å². The molecule has 5 N–H and O–H groups in total. The summed E-state index contributed by atoms with van der Waals surface area (Å²) in [6.07, 6.45) is 0. The number of hydrogen-bond acceptors (Lipinski definition) is 4. The molecule has 3 aromatic rings. The van der Waals surface area contributed by atoms with Crippen LogP contribution in [0.4, 0.5) is 0 Å². The van der Waals surface area contributed by atoms with Crippen molar-refractivity contribution in [3.63, 3.8) is 0 Å². The largest absolute Gasteiger partial charge is 0.508 e. The summed E-state index contributed by atoms with van der Waals surface area (Å²) >= 11 is 0. The Labute approximate surface area is 130 Å². The van der Waals surface area contributed by atoms with Crippen molar-refractivity contribution in [2.75, 3.05) is 0 Å². The SMILES string of the molecule is Cc1ccc(C(C)C)cc1O.O=c1[nH]c(=O)c2[nH]c(=O)[nH]c2[nH]1. The highest BCUT2D eigenvalue weighted by Crippen LogP contribution is 2.22. The van der Waals surface area contributed by atoms with E-state index in [2.05, 4.69) is 34.9 Å². The number of nitrogens with one attached hydrogen (secondary N) is 4. The molecule has 0 aliphatic heterocycles. The second kappa shape index (κ2) is 6.39. The maximum atomic E-state index is 10.9. The Hall–Kier alpha value is -3.03. The van der Waals surface area contributed by atoms with Crippen LogP contribution in [0.15, 0.2) is 32.6 Å². The van der Waals surface area contributed by atoms with E-state index in [-0.39, 0.29) is 11.2 Å². The lowest BCUT2D eigenvalue weighted by Crippen LogP contribution is -2.21. The Morgan fingerprint density at radius 2 is 1.57 bits per heavy atom. The van der Waals surface area contributed by atoms with Crippen LogP contribution in [0.25, 0.3) is 11.2 Å². The number of benzene rings is 1. The van der Waals surface area contributed by atoms with E-state index in [1.807, 2.05) is 24.0 Å². The topological polar surface area (TPSA) is 135 Å². The third-order valence-electron chi connectivity index (χ3n) is 3.32. The summed E-state index contributed by atoms with van der Waals surface area (Å²) in [5, 5.41) is 9.35. The highest BCUT2D eigenvalue weighted by molar-refractivity contribution is 5.67. The first-order valence-electron chi connectivity index (χ1n) is 7.02. The molecule has 0 radical (unpaired) electrons. The second-order valence-corrected chi connectivity index (χ2v) is 5.44. The van der Waals surface area contributed by atoms with Crippen LogP contribution < -0.4 is 16.9 Å². The van der Waals surface area contributed by atoms with Gasteiger partial charge in [0.1, 0.15) is 16.9 Å². The lowest BCUT2D eigenvalue weighted by molar-refractivity contribution is 0.470. The smallest absolute Gasteiger partial charge is 0.327 e. The molecule has 3 rings (SSSR count). The Bertz CT molecular complexity index is 991. The number of aryl methyl sites for hydroxylation is 1. The normalized spacial score (nSPS) is 10.6. The third-order valence-corrected chi connectivity index (χ3v) is 3.32. The van der Waals surface area contributed by atoms with Crippen molar-refractivity contribution in [2.45, 2.75) is 26.7 Å². The van der Waals surface area contributed by atoms with E-state index in [4.69, 9.17) is 0 Å². The van der Waals surface area contributed by atoms with Gasteiger partial charge in [-0.15, -0.1) is 0 Å². The number of aromatic amines is 4. The quantitative estimate of drug-likeness (QED) is 0.458. The van der Waals surface area contributed by atoms with Gasteiger partial charge in [0, 0.05) is 0 Å². The standard InChI is InChI=1S/C10H14O.C5H4N4O3/c1-7(2)9-5-4-8(3)10(11)6-9;10-3-1-2(7-4(11)6-1)8-5(12)9-3/h4-7,11H,1-3H3;(H4,6,7,8,9,10,11,12). The molecule has 0 aliphatic rings. The maximum absolute atomic E-state index is 10.9. The molecule has 0 saturated heterocycles. The monoisotopic (exact) mass is 318 g/mol. The van der Waals surface area contributed by atoms with Crippen LogP contribution in [0.1, 0.15) is 30.9 Å². The van der Waals surface area contributed by atoms with Crippen molar-refractivity contribution in [2.24, 2.45) is 0 Å². The number of aromatic hydroxyl groups is 1. The lowest BCUT2D eigenvalue weighted by atomic mass is 10.0. The predicted molar refractivity (Wildman–Crippen MR) is 87.1 cm³/mol. The van der Waals surface area contributed by atoms with Gasteiger partial charge in [0.25, 0.3) is 5.56 Å². The minimum absolute atomic E-state index is 0.0413. The second-order valence-electron chi connectivity index (χ2n) is 5.44. The van der Waals surface area contributed by atoms with Crippen LogP contribution in [0, 0.1) is 6.92 Å². The van der Waals surface area contributed by atoms with Gasteiger partial charge in [0.15, 0.2) is 0 Å². The molecule has 1 aromatic carbocycles. The summed E-state index contributed by atoms with van der Waals surface area (Å²) < 4.78 is 0. The Balaban J connectivity index is 0.000000168. The molecule has 0 fully saturated rings. The molecule has 23 heavy (non-hydrogen) atoms. The molecule has 0 bridgehead atoms. The molecule has 8 heteroatoms. The number of phenols is 1. The van der Waals surface area contributed by atoms with Crippen LogP contribution >= 0.6 is 0 Å². The average molecular weight is 318 g/mol. The maximum Gasteiger partial charge on any atom is 0.327 e. The number of imidazole rings is 1. The zero-order valence-electron chi connectivity index (χ0n) is 13.0. The zero-order valence-corrected chi connectivity index (χ0v) is 13.0. The fraction of sp³-hybridized carbons (Fsp3) is 0.267. The number of rotatable bonds is 1. The highest BCUT2D eigenvalue weighted by Gasteiger charge is 2.02. The van der Waals surface area contributed by atoms with Gasteiger partial charge in [-0.1, -0.05) is 26.0 Å². The first kappa shape index (κ1) is 16.3. The summed E-state index contributed by atoms with van der Waals surface area (Å²) in [5.41, 5.74) is 0.475. The van der Waals surface area contributed by atoms with Gasteiger partial charge < -0.3 is 5.11 Å². The molecule has 122 valence electrons. The van der Waals surface area contributed by atoms with Crippen molar-refractivity contribution >= 4 is 11.2 Å². The minimum Gasteiger partial charge on any atom is -0.508 e. The van der Waals surface area contributed by atoms with Gasteiger partial charge in [-0.2, -0.15) is 0 Å². The van der Waals surface area contributed by atoms with E-state index < -0.39 is 16.9 Å². The highest BCUT2D eigenvalue weighted by atomic mass is 16.3. The molecule has 0 saturated carbocycles. The van der Waals surface area contributed by atoms with Crippen molar-refractivity contribution in [1.29, 1.82) is 0 Å². The Morgan fingerprint density at radius 1 is 0.957 bits per heavy atom. The predicted octanol–water partition coefficient (Wildman–Crippen LogP) is 1.06. The van der Waals surface area contributed by atoms with Gasteiger partial charge in [-0.05, 0) is 30.0 Å². The average Bonchev–Trinajstić information content (AvgIpc) is 2.83. The van der Waals surface area contributed by atoms with E-state index in [0.717, 1.165) is 5.56 Å². The number of phenolic OH excluding ortho intramolecular Hbond substituents is 1. The van der Waals surface area contributed by atoms with Gasteiger partial charge in [0.2, 0.25) is 0 Å². The summed E-state index contributed by atoms with van der Waals surface area (Å²) in [6.45, 7) is 6.13. The molecular weight excluding hydrogens is 300 g/mol. The summed E-state index contributed by atoms with van der Waals surface area (Å²) in [7, 11) is 0. The fourth-order valence-electron chi connectivity index (χ4n) is 1.94. The van der Waals surface area contributed by atoms with Crippen molar-refractivity contribution in [1.82, 2.24) is 19.9 Å². The van der Waals surface area contributed by atoms with Crippen LogP contribution in [-0.4, -0.2) is 25.0 Å². The van der Waals surface area contributed by atoms with Crippen molar-refractivity contribution in [3.8, 4) is 5.75 Å². The van der Waals surface area contributed by atoms with Gasteiger partial charge in [0.05, 0.1) is 0 Å². The van der Waals surface area contributed by atoms with Gasteiger partial charge >= 0.3 is 11.4 Å². The first-order chi connectivity index (χ1) is 10.8. The van der Waals surface area contributed by atoms with E-state index in [0.29, 0.717) is 11.7 Å². The number of aromatic nitrogens is 4. The molecule has 0 amide bonds. The fourth-order valence-corrected chi connectivity index (χ4v) is 1.94. The third kappa shape index (κ3) is 3.79. The van der Waals surface area contributed by atoms with E-state index in [1.54, 1.807) is 0 Å². The number of fused-ring (bicyclic) bond motifs is 1. The Kier molecular flexibility index (Phi) is 4.54. The van der Waals surface area contributed by atoms with E-state index >= 15 is 0 Å². The molecule has 0 spiro atoms.